The fraction of sp³-hybridized carbons (Fsp3) is 0.467. The van der Waals surface area contributed by atoms with Crippen LogP contribution in [-0.2, 0) is 22.6 Å². The van der Waals surface area contributed by atoms with Gasteiger partial charge in [-0.15, -0.1) is 11.3 Å². The van der Waals surface area contributed by atoms with Crippen LogP contribution in [0.2, 0.25) is 0 Å². The molecule has 0 radical (unpaired) electrons. The predicted octanol–water partition coefficient (Wildman–Crippen LogP) is 4.35. The Morgan fingerprint density at radius 2 is 2.00 bits per heavy atom. The highest BCUT2D eigenvalue weighted by molar-refractivity contribution is 7.09. The van der Waals surface area contributed by atoms with E-state index in [1.54, 1.807) is 23.6 Å². The highest BCUT2D eigenvalue weighted by Crippen LogP contribution is 2.46. The van der Waals surface area contributed by atoms with Gasteiger partial charge in [-0.2, -0.15) is 0 Å². The number of hydrogen-bond donors (Lipinski definition) is 1. The van der Waals surface area contributed by atoms with E-state index >= 15 is 0 Å². The van der Waals surface area contributed by atoms with Crippen LogP contribution in [0.5, 0.6) is 0 Å². The fourth-order valence-corrected chi connectivity index (χ4v) is 6.88. The molecule has 4 aliphatic rings. The number of urea groups is 1. The van der Waals surface area contributed by atoms with Crippen LogP contribution < -0.4 is 5.32 Å². The largest absolute Gasteiger partial charge is 0.335 e. The maximum atomic E-state index is 12.8. The Bertz CT molecular complexity index is 1300. The maximum Gasteiger partial charge on any atom is 0.323 e. The Labute approximate surface area is 233 Å². The predicted molar refractivity (Wildman–Crippen MR) is 152 cm³/mol. The van der Waals surface area contributed by atoms with Crippen molar-refractivity contribution in [3.05, 3.63) is 63.5 Å². The number of thiophene rings is 1. The monoisotopic (exact) mass is 545 g/mol. The Balaban J connectivity index is 1.00. The van der Waals surface area contributed by atoms with Gasteiger partial charge >= 0.3 is 6.03 Å². The summed E-state index contributed by atoms with van der Waals surface area (Å²) in [5, 5.41) is 5.01. The van der Waals surface area contributed by atoms with Gasteiger partial charge in [-0.25, -0.2) is 9.78 Å². The number of ketones is 1. The van der Waals surface area contributed by atoms with E-state index in [-0.39, 0.29) is 17.4 Å². The van der Waals surface area contributed by atoms with Crippen molar-refractivity contribution in [2.24, 2.45) is 5.41 Å². The highest BCUT2D eigenvalue weighted by Gasteiger charge is 2.45. The number of likely N-dealkylation sites (tertiary alicyclic amines) is 1. The molecule has 2 aromatic heterocycles. The summed E-state index contributed by atoms with van der Waals surface area (Å²) in [5.74, 6) is 0.999. The lowest BCUT2D eigenvalue weighted by atomic mass is 9.62. The number of amides is 3. The van der Waals surface area contributed by atoms with Crippen LogP contribution in [0.1, 0.15) is 48.1 Å². The zero-order chi connectivity index (χ0) is 26.8. The van der Waals surface area contributed by atoms with Gasteiger partial charge in [0.1, 0.15) is 11.6 Å². The van der Waals surface area contributed by atoms with Gasteiger partial charge in [0.25, 0.3) is 0 Å². The third kappa shape index (κ3) is 5.99. The van der Waals surface area contributed by atoms with Gasteiger partial charge < -0.3 is 14.7 Å². The van der Waals surface area contributed by atoms with E-state index in [4.69, 9.17) is 0 Å². The Kier molecular flexibility index (Phi) is 7.36. The molecule has 0 atom stereocenters. The summed E-state index contributed by atoms with van der Waals surface area (Å²) in [7, 11) is 0. The van der Waals surface area contributed by atoms with Crippen LogP contribution in [-0.4, -0.2) is 76.7 Å². The molecule has 2 fully saturated rings. The van der Waals surface area contributed by atoms with Gasteiger partial charge in [0, 0.05) is 68.2 Å². The van der Waals surface area contributed by atoms with E-state index in [1.165, 1.54) is 10.5 Å². The van der Waals surface area contributed by atoms with Crippen LogP contribution in [0.3, 0.4) is 0 Å². The minimum Gasteiger partial charge on any atom is -0.335 e. The molecule has 8 nitrogen and oxygen atoms in total. The number of carbonyl (C=O) groups is 3. The Morgan fingerprint density at radius 1 is 1.15 bits per heavy atom. The molecular formula is C30H35N5O3S. The molecule has 9 heteroatoms. The van der Waals surface area contributed by atoms with Crippen molar-refractivity contribution in [2.75, 3.05) is 44.6 Å². The molecule has 0 bridgehead atoms. The molecule has 6 rings (SSSR count). The normalized spacial score (nSPS) is 21.1. The van der Waals surface area contributed by atoms with E-state index in [0.717, 1.165) is 75.8 Å². The van der Waals surface area contributed by atoms with Crippen molar-refractivity contribution in [3.63, 3.8) is 0 Å². The summed E-state index contributed by atoms with van der Waals surface area (Å²) in [6, 6.07) is 6.12. The number of hydrogen-bond acceptors (Lipinski definition) is 6. The van der Waals surface area contributed by atoms with Crippen LogP contribution in [0.25, 0.3) is 6.08 Å². The lowest BCUT2D eigenvalue weighted by Crippen LogP contribution is -2.49. The maximum absolute atomic E-state index is 12.8. The van der Waals surface area contributed by atoms with Crippen LogP contribution in [0.15, 0.2) is 47.5 Å². The van der Waals surface area contributed by atoms with Gasteiger partial charge in [0.2, 0.25) is 5.91 Å². The third-order valence-electron chi connectivity index (χ3n) is 8.62. The SMILES string of the molecule is O=C1CC2(CCN(CCN3Cc4cc(C=CC(=O)N5CC=C(Cc6cccs6)CC5)cnc4NC3=O)CC2)C1. The average Bonchev–Trinajstić information content (AvgIpc) is 3.44. The number of piperidine rings is 1. The first-order valence-electron chi connectivity index (χ1n) is 13.9. The second-order valence-corrected chi connectivity index (χ2v) is 12.4. The molecule has 39 heavy (non-hydrogen) atoms. The first-order valence-corrected chi connectivity index (χ1v) is 14.8. The lowest BCUT2D eigenvalue weighted by molar-refractivity contribution is -0.135. The van der Waals surface area contributed by atoms with E-state index in [9.17, 15) is 14.4 Å². The van der Waals surface area contributed by atoms with Crippen LogP contribution in [0, 0.1) is 5.41 Å². The van der Waals surface area contributed by atoms with Crippen LogP contribution in [0.4, 0.5) is 10.6 Å². The minimum atomic E-state index is -0.122. The smallest absolute Gasteiger partial charge is 0.323 e. The number of nitrogens with one attached hydrogen (secondary N) is 1. The third-order valence-corrected chi connectivity index (χ3v) is 9.50. The molecule has 1 saturated carbocycles. The average molecular weight is 546 g/mol. The number of nitrogens with zero attached hydrogens (tertiary/aromatic N) is 4. The van der Waals surface area contributed by atoms with Gasteiger partial charge in [-0.05, 0) is 66.9 Å². The first-order chi connectivity index (χ1) is 18.9. The minimum absolute atomic E-state index is 0.00338. The molecule has 1 saturated heterocycles. The second kappa shape index (κ2) is 11.1. The van der Waals surface area contributed by atoms with E-state index < -0.39 is 0 Å². The van der Waals surface area contributed by atoms with Gasteiger partial charge in [-0.1, -0.05) is 17.7 Å². The second-order valence-electron chi connectivity index (χ2n) is 11.3. The zero-order valence-electron chi connectivity index (χ0n) is 22.2. The first kappa shape index (κ1) is 26.0. The molecule has 5 heterocycles. The number of Topliss-reactive ketones (excluding diaryl/α,β-unsaturated/α-hetero) is 1. The fourth-order valence-electron chi connectivity index (χ4n) is 6.12. The summed E-state index contributed by atoms with van der Waals surface area (Å²) in [6.45, 7) is 5.34. The number of aromatic nitrogens is 1. The van der Waals surface area contributed by atoms with E-state index in [1.807, 2.05) is 21.9 Å². The molecule has 0 aromatic carbocycles. The molecule has 2 aromatic rings. The summed E-state index contributed by atoms with van der Waals surface area (Å²) in [4.78, 5) is 48.8. The molecule has 3 aliphatic heterocycles. The van der Waals surface area contributed by atoms with Crippen molar-refractivity contribution in [1.82, 2.24) is 19.7 Å². The highest BCUT2D eigenvalue weighted by atomic mass is 32.1. The van der Waals surface area contributed by atoms with Crippen molar-refractivity contribution in [3.8, 4) is 0 Å². The molecule has 1 spiro atoms. The van der Waals surface area contributed by atoms with Gasteiger partial charge in [-0.3, -0.25) is 14.9 Å². The Morgan fingerprint density at radius 3 is 2.72 bits per heavy atom. The van der Waals surface area contributed by atoms with E-state index in [0.29, 0.717) is 31.2 Å². The topological polar surface area (TPSA) is 85.8 Å². The summed E-state index contributed by atoms with van der Waals surface area (Å²) >= 11 is 1.77. The lowest BCUT2D eigenvalue weighted by Gasteiger charge is -2.47. The molecule has 0 unspecified atom stereocenters. The number of anilines is 1. The number of rotatable bonds is 7. The van der Waals surface area contributed by atoms with Crippen molar-refractivity contribution in [1.29, 1.82) is 0 Å². The molecule has 1 N–H and O–H groups in total. The summed E-state index contributed by atoms with van der Waals surface area (Å²) in [6.07, 6.45) is 12.9. The van der Waals surface area contributed by atoms with E-state index in [2.05, 4.69) is 38.8 Å². The zero-order valence-corrected chi connectivity index (χ0v) is 23.0. The van der Waals surface area contributed by atoms with Crippen molar-refractivity contribution in [2.45, 2.75) is 45.1 Å². The molecule has 204 valence electrons. The van der Waals surface area contributed by atoms with Crippen LogP contribution >= 0.6 is 11.3 Å². The molecular weight excluding hydrogens is 510 g/mol. The number of pyridine rings is 1. The molecule has 1 aliphatic carbocycles. The summed E-state index contributed by atoms with van der Waals surface area (Å²) in [5.41, 5.74) is 3.47. The van der Waals surface area contributed by atoms with Crippen molar-refractivity contribution >= 4 is 41.0 Å². The standard InChI is InChI=1S/C30H35N5O3S/c36-25-18-30(19-25)7-11-33(12-8-30)13-14-35-21-24-16-23(20-31-28(24)32-29(35)38)3-4-27(37)34-9-5-22(6-10-34)17-26-2-1-15-39-26/h1-5,15-16,20H,6-14,17-19,21H2,(H,31,32,38). The molecule has 3 amide bonds. The Hall–Kier alpha value is -3.30. The van der Waals surface area contributed by atoms with Gasteiger partial charge in [0.05, 0.1) is 6.54 Å². The van der Waals surface area contributed by atoms with Crippen molar-refractivity contribution < 1.29 is 14.4 Å². The summed E-state index contributed by atoms with van der Waals surface area (Å²) < 4.78 is 0. The van der Waals surface area contributed by atoms with Gasteiger partial charge in [0.15, 0.2) is 0 Å². The quantitative estimate of drug-likeness (QED) is 0.413. The number of carbonyl (C=O) groups excluding carboxylic acids is 3. The number of fused-ring (bicyclic) bond motifs is 1.